The molecular formula is C19H18ClF4N3O4S. The van der Waals surface area contributed by atoms with Crippen LogP contribution in [-0.2, 0) is 17.4 Å². The van der Waals surface area contributed by atoms with Gasteiger partial charge in [-0.05, 0) is 30.3 Å². The molecule has 174 valence electrons. The van der Waals surface area contributed by atoms with Gasteiger partial charge in [-0.3, -0.25) is 14.4 Å². The summed E-state index contributed by atoms with van der Waals surface area (Å²) in [7, 11) is -3.23. The predicted molar refractivity (Wildman–Crippen MR) is 110 cm³/mol. The number of rotatable bonds is 6. The molecule has 1 aliphatic rings. The Morgan fingerprint density at radius 1 is 1.09 bits per heavy atom. The van der Waals surface area contributed by atoms with Crippen LogP contribution < -0.4 is 9.46 Å². The molecule has 1 saturated heterocycles. The predicted octanol–water partition coefficient (Wildman–Crippen LogP) is 3.27. The number of nitrogens with zero attached hydrogens (tertiary/aromatic N) is 2. The highest BCUT2D eigenvalue weighted by atomic mass is 35.5. The van der Waals surface area contributed by atoms with Gasteiger partial charge in [0.25, 0.3) is 5.91 Å². The third kappa shape index (κ3) is 6.47. The molecule has 2 aromatic carbocycles. The molecule has 1 N–H and O–H groups in total. The summed E-state index contributed by atoms with van der Waals surface area (Å²) < 4.78 is 79.4. The third-order valence-electron chi connectivity index (χ3n) is 4.73. The first kappa shape index (κ1) is 24.1. The van der Waals surface area contributed by atoms with Gasteiger partial charge in [0.1, 0.15) is 5.82 Å². The molecule has 1 aliphatic heterocycles. The summed E-state index contributed by atoms with van der Waals surface area (Å²) in [6.45, 7) is 1.72. The number of carbonyl (C=O) groups is 1. The van der Waals surface area contributed by atoms with Crippen LogP contribution in [0.2, 0.25) is 5.02 Å². The molecule has 0 aliphatic carbocycles. The fourth-order valence-electron chi connectivity index (χ4n) is 3.24. The van der Waals surface area contributed by atoms with Crippen LogP contribution in [0.15, 0.2) is 36.4 Å². The Labute approximate surface area is 187 Å². The molecule has 0 atom stereocenters. The first-order chi connectivity index (χ1) is 15.0. The highest BCUT2D eigenvalue weighted by Gasteiger charge is 2.33. The van der Waals surface area contributed by atoms with Crippen LogP contribution in [0.1, 0.15) is 15.9 Å². The zero-order valence-electron chi connectivity index (χ0n) is 16.4. The number of halogens is 5. The van der Waals surface area contributed by atoms with Crippen molar-refractivity contribution in [3.8, 4) is 5.75 Å². The Bertz CT molecular complexity index is 1070. The van der Waals surface area contributed by atoms with Crippen LogP contribution in [-0.4, -0.2) is 56.7 Å². The van der Waals surface area contributed by atoms with E-state index >= 15 is 0 Å². The molecule has 0 spiro atoms. The zero-order chi connectivity index (χ0) is 23.5. The van der Waals surface area contributed by atoms with Gasteiger partial charge in [-0.15, -0.1) is 13.2 Å². The average Bonchev–Trinajstić information content (AvgIpc) is 2.70. The number of hydrogen-bond acceptors (Lipinski definition) is 5. The quantitative estimate of drug-likeness (QED) is 0.475. The van der Waals surface area contributed by atoms with Gasteiger partial charge in [0.2, 0.25) is 10.9 Å². The molecule has 1 fully saturated rings. The largest absolute Gasteiger partial charge is 0.573 e. The van der Waals surface area contributed by atoms with Crippen LogP contribution in [0.5, 0.6) is 5.75 Å². The lowest BCUT2D eigenvalue weighted by Crippen LogP contribution is -2.48. The Hall–Kier alpha value is -2.57. The van der Waals surface area contributed by atoms with Crippen molar-refractivity contribution in [3.05, 3.63) is 58.4 Å². The third-order valence-corrected chi connectivity index (χ3v) is 5.39. The Morgan fingerprint density at radius 3 is 2.38 bits per heavy atom. The molecule has 0 bridgehead atoms. The SMILES string of the molecule is O=C(c1ccc(N[SH](=O)=O)c(OC(F)(F)F)c1)N1CCN(Cc2ccc(Cl)cc2F)CC1. The van der Waals surface area contributed by atoms with E-state index in [1.807, 2.05) is 9.62 Å². The summed E-state index contributed by atoms with van der Waals surface area (Å²) >= 11 is 5.75. The number of hydrogen-bond donors (Lipinski definition) is 2. The van der Waals surface area contributed by atoms with E-state index in [-0.39, 0.29) is 18.7 Å². The fourth-order valence-corrected chi connectivity index (χ4v) is 3.78. The molecule has 2 aromatic rings. The second kappa shape index (κ2) is 9.92. The molecular weight excluding hydrogens is 478 g/mol. The van der Waals surface area contributed by atoms with Crippen LogP contribution in [0.4, 0.5) is 23.2 Å². The first-order valence-electron chi connectivity index (χ1n) is 9.28. The van der Waals surface area contributed by atoms with Gasteiger partial charge in [0.15, 0.2) is 5.75 Å². The number of anilines is 1. The number of alkyl halides is 3. The van der Waals surface area contributed by atoms with Crippen LogP contribution in [0, 0.1) is 5.82 Å². The summed E-state index contributed by atoms with van der Waals surface area (Å²) in [6.07, 6.45) is -5.07. The maximum atomic E-state index is 14.0. The molecule has 0 radical (unpaired) electrons. The van der Waals surface area contributed by atoms with Crippen molar-refractivity contribution >= 4 is 34.1 Å². The van der Waals surface area contributed by atoms with Gasteiger partial charge in [-0.1, -0.05) is 17.7 Å². The van der Waals surface area contributed by atoms with Crippen molar-refractivity contribution in [2.45, 2.75) is 12.9 Å². The number of nitrogens with one attached hydrogen (secondary N) is 1. The highest BCUT2D eigenvalue weighted by Crippen LogP contribution is 2.32. The van der Waals surface area contributed by atoms with E-state index in [1.54, 1.807) is 12.1 Å². The van der Waals surface area contributed by atoms with Crippen molar-refractivity contribution < 1.29 is 35.5 Å². The summed E-state index contributed by atoms with van der Waals surface area (Å²) in [4.78, 5) is 16.1. The van der Waals surface area contributed by atoms with Crippen molar-refractivity contribution in [1.29, 1.82) is 0 Å². The smallest absolute Gasteiger partial charge is 0.404 e. The number of ether oxygens (including phenoxy) is 1. The fraction of sp³-hybridized carbons (Fsp3) is 0.316. The number of amides is 1. The lowest BCUT2D eigenvalue weighted by Gasteiger charge is -2.35. The van der Waals surface area contributed by atoms with E-state index in [9.17, 15) is 30.8 Å². The Kier molecular flexibility index (Phi) is 7.47. The number of carbonyl (C=O) groups excluding carboxylic acids is 1. The summed E-state index contributed by atoms with van der Waals surface area (Å²) in [5, 5.41) is 0.291. The maximum Gasteiger partial charge on any atom is 0.573 e. The van der Waals surface area contributed by atoms with Crippen LogP contribution in [0.25, 0.3) is 0 Å². The van der Waals surface area contributed by atoms with Crippen molar-refractivity contribution in [2.24, 2.45) is 0 Å². The van der Waals surface area contributed by atoms with E-state index in [0.717, 1.165) is 12.1 Å². The second-order valence-electron chi connectivity index (χ2n) is 6.93. The van der Waals surface area contributed by atoms with Crippen LogP contribution >= 0.6 is 11.6 Å². The number of piperazine rings is 1. The highest BCUT2D eigenvalue weighted by molar-refractivity contribution is 7.73. The van der Waals surface area contributed by atoms with E-state index in [1.165, 1.54) is 17.0 Å². The van der Waals surface area contributed by atoms with Crippen molar-refractivity contribution in [3.63, 3.8) is 0 Å². The Morgan fingerprint density at radius 2 is 1.78 bits per heavy atom. The van der Waals surface area contributed by atoms with Crippen molar-refractivity contribution in [1.82, 2.24) is 9.80 Å². The van der Waals surface area contributed by atoms with E-state index in [2.05, 4.69) is 4.74 Å². The molecule has 1 heterocycles. The molecule has 32 heavy (non-hydrogen) atoms. The van der Waals surface area contributed by atoms with E-state index in [0.29, 0.717) is 30.2 Å². The van der Waals surface area contributed by atoms with Gasteiger partial charge in [0, 0.05) is 48.9 Å². The molecule has 0 aromatic heterocycles. The van der Waals surface area contributed by atoms with Crippen LogP contribution in [0.3, 0.4) is 0 Å². The van der Waals surface area contributed by atoms with E-state index < -0.39 is 40.4 Å². The molecule has 1 amide bonds. The minimum atomic E-state index is -5.07. The minimum absolute atomic E-state index is 0.0897. The number of thiol groups is 1. The Balaban J connectivity index is 1.68. The standard InChI is InChI=1S/C19H18ClF4N3O4S/c20-14-3-1-13(15(21)10-14)11-26-5-7-27(8-6-26)18(28)12-2-4-16(25-32(29)30)17(9-12)31-19(22,23)24/h1-4,9-10,32H,5-8,11H2,(H,25,29,30). The van der Waals surface area contributed by atoms with Gasteiger partial charge in [-0.25, -0.2) is 12.8 Å². The molecule has 7 nitrogen and oxygen atoms in total. The molecule has 3 rings (SSSR count). The molecule has 0 saturated carbocycles. The molecule has 13 heteroatoms. The maximum absolute atomic E-state index is 14.0. The first-order valence-corrected chi connectivity index (χ1v) is 10.8. The molecule has 0 unspecified atom stereocenters. The van der Waals surface area contributed by atoms with Crippen molar-refractivity contribution in [2.75, 3.05) is 30.9 Å². The monoisotopic (exact) mass is 495 g/mol. The minimum Gasteiger partial charge on any atom is -0.404 e. The van der Waals surface area contributed by atoms with Gasteiger partial charge >= 0.3 is 6.36 Å². The van der Waals surface area contributed by atoms with Gasteiger partial charge in [0.05, 0.1) is 5.69 Å². The van der Waals surface area contributed by atoms with Gasteiger partial charge < -0.3 is 9.64 Å². The lowest BCUT2D eigenvalue weighted by molar-refractivity contribution is -0.274. The topological polar surface area (TPSA) is 78.9 Å². The zero-order valence-corrected chi connectivity index (χ0v) is 18.0. The summed E-state index contributed by atoms with van der Waals surface area (Å²) in [5.41, 5.74) is -0.0687. The normalized spacial score (nSPS) is 15.1. The summed E-state index contributed by atoms with van der Waals surface area (Å²) in [5.74, 6) is -1.80. The lowest BCUT2D eigenvalue weighted by atomic mass is 10.1. The summed E-state index contributed by atoms with van der Waals surface area (Å²) in [6, 6.07) is 7.47. The van der Waals surface area contributed by atoms with Gasteiger partial charge in [-0.2, -0.15) is 0 Å². The average molecular weight is 496 g/mol. The van der Waals surface area contributed by atoms with E-state index in [4.69, 9.17) is 11.6 Å². The second-order valence-corrected chi connectivity index (χ2v) is 8.11. The number of benzene rings is 2.